The molecule has 0 saturated heterocycles. The van der Waals surface area contributed by atoms with E-state index in [4.69, 9.17) is 4.74 Å². The van der Waals surface area contributed by atoms with Crippen LogP contribution in [-0.4, -0.2) is 5.78 Å². The molecule has 2 heteroatoms. The van der Waals surface area contributed by atoms with Crippen molar-refractivity contribution in [1.29, 1.82) is 0 Å². The molecule has 0 bridgehead atoms. The summed E-state index contributed by atoms with van der Waals surface area (Å²) in [7, 11) is 0. The molecule has 0 aromatic carbocycles. The summed E-state index contributed by atoms with van der Waals surface area (Å²) in [5.41, 5.74) is 0.906. The van der Waals surface area contributed by atoms with Crippen molar-refractivity contribution in [2.24, 2.45) is 0 Å². The van der Waals surface area contributed by atoms with Gasteiger partial charge in [-0.05, 0) is 44.6 Å². The van der Waals surface area contributed by atoms with Gasteiger partial charge in [0.05, 0.1) is 0 Å². The molecular weight excluding hydrogens is 152 g/mol. The van der Waals surface area contributed by atoms with Crippen molar-refractivity contribution in [3.63, 3.8) is 0 Å². The average Bonchev–Trinajstić information content (AvgIpc) is 1.81. The van der Waals surface area contributed by atoms with Crippen LogP contribution in [0.4, 0.5) is 0 Å². The lowest BCUT2D eigenvalue weighted by atomic mass is 10.1. The Balaban J connectivity index is 2.91. The lowest BCUT2D eigenvalue weighted by Gasteiger charge is -2.11. The van der Waals surface area contributed by atoms with E-state index in [1.807, 2.05) is 26.0 Å². The first-order chi connectivity index (χ1) is 5.58. The Hall–Kier alpha value is -1.31. The minimum Gasteiger partial charge on any atom is -0.467 e. The van der Waals surface area contributed by atoms with Crippen LogP contribution in [0.2, 0.25) is 0 Å². The van der Waals surface area contributed by atoms with E-state index in [1.54, 1.807) is 6.08 Å². The smallest absolute Gasteiger partial charge is 0.153 e. The van der Waals surface area contributed by atoms with Gasteiger partial charge in [-0.3, -0.25) is 4.79 Å². The van der Waals surface area contributed by atoms with Gasteiger partial charge in [-0.15, -0.1) is 0 Å². The van der Waals surface area contributed by atoms with E-state index in [2.05, 4.69) is 0 Å². The minimum absolute atomic E-state index is 0.0556. The topological polar surface area (TPSA) is 26.3 Å². The monoisotopic (exact) mass is 164 g/mol. The van der Waals surface area contributed by atoms with E-state index in [9.17, 15) is 4.79 Å². The van der Waals surface area contributed by atoms with Crippen LogP contribution in [-0.2, 0) is 9.53 Å². The van der Waals surface area contributed by atoms with Crippen molar-refractivity contribution < 1.29 is 9.53 Å². The molecule has 64 valence electrons. The fourth-order valence-corrected chi connectivity index (χ4v) is 1.14. The molecule has 0 aliphatic carbocycles. The molecule has 0 fully saturated rings. The number of hydrogen-bond acceptors (Lipinski definition) is 2. The Morgan fingerprint density at radius 2 is 1.83 bits per heavy atom. The number of carbonyl (C=O) groups is 1. The molecule has 0 atom stereocenters. The van der Waals surface area contributed by atoms with Crippen LogP contribution in [0.3, 0.4) is 0 Å². The summed E-state index contributed by atoms with van der Waals surface area (Å²) in [4.78, 5) is 10.7. The highest BCUT2D eigenvalue weighted by Gasteiger charge is 2.03. The maximum Gasteiger partial charge on any atom is 0.153 e. The summed E-state index contributed by atoms with van der Waals surface area (Å²) in [6.45, 7) is 5.27. The minimum atomic E-state index is 0.0556. The summed E-state index contributed by atoms with van der Waals surface area (Å²) >= 11 is 0. The van der Waals surface area contributed by atoms with Gasteiger partial charge in [0, 0.05) is 0 Å². The zero-order chi connectivity index (χ0) is 9.14. The molecule has 1 aliphatic heterocycles. The van der Waals surface area contributed by atoms with Crippen molar-refractivity contribution in [2.75, 3.05) is 0 Å². The van der Waals surface area contributed by atoms with Crippen molar-refractivity contribution in [2.45, 2.75) is 20.8 Å². The van der Waals surface area contributed by atoms with Gasteiger partial charge in [-0.2, -0.15) is 0 Å². The Kier molecular flexibility index (Phi) is 2.48. The van der Waals surface area contributed by atoms with Crippen LogP contribution in [0.25, 0.3) is 0 Å². The highest BCUT2D eigenvalue weighted by Crippen LogP contribution is 2.17. The SMILES string of the molecule is CC(=O)C=C1C=C(C)OC(C)=C1. The molecule has 0 spiro atoms. The normalized spacial score (nSPS) is 16.1. The highest BCUT2D eigenvalue weighted by molar-refractivity contribution is 5.89. The number of hydrogen-bond donors (Lipinski definition) is 0. The molecule has 0 unspecified atom stereocenters. The van der Waals surface area contributed by atoms with E-state index in [0.717, 1.165) is 17.1 Å². The van der Waals surface area contributed by atoms with Gasteiger partial charge in [-0.25, -0.2) is 0 Å². The Bertz CT molecular complexity index is 273. The predicted molar refractivity (Wildman–Crippen MR) is 47.4 cm³/mol. The van der Waals surface area contributed by atoms with Gasteiger partial charge in [0.2, 0.25) is 0 Å². The molecular formula is C10H12O2. The third-order valence-corrected chi connectivity index (χ3v) is 1.43. The highest BCUT2D eigenvalue weighted by atomic mass is 16.5. The van der Waals surface area contributed by atoms with Crippen LogP contribution in [0.15, 0.2) is 35.3 Å². The van der Waals surface area contributed by atoms with E-state index in [1.165, 1.54) is 6.92 Å². The van der Waals surface area contributed by atoms with Crippen LogP contribution >= 0.6 is 0 Å². The first-order valence-corrected chi connectivity index (χ1v) is 3.84. The molecule has 2 nitrogen and oxygen atoms in total. The number of rotatable bonds is 1. The van der Waals surface area contributed by atoms with E-state index in [-0.39, 0.29) is 5.78 Å². The van der Waals surface area contributed by atoms with Gasteiger partial charge in [0.1, 0.15) is 11.5 Å². The second-order valence-electron chi connectivity index (χ2n) is 2.87. The lowest BCUT2D eigenvalue weighted by Crippen LogP contribution is -1.95. The first-order valence-electron chi connectivity index (χ1n) is 3.84. The van der Waals surface area contributed by atoms with Crippen molar-refractivity contribution in [1.82, 2.24) is 0 Å². The van der Waals surface area contributed by atoms with Crippen LogP contribution < -0.4 is 0 Å². The second kappa shape index (κ2) is 3.39. The molecule has 0 amide bonds. The van der Waals surface area contributed by atoms with Crippen LogP contribution in [0, 0.1) is 0 Å². The zero-order valence-electron chi connectivity index (χ0n) is 7.55. The number of ketones is 1. The van der Waals surface area contributed by atoms with Gasteiger partial charge in [0.25, 0.3) is 0 Å². The molecule has 0 saturated carbocycles. The summed E-state index contributed by atoms with van der Waals surface area (Å²) in [5.74, 6) is 1.70. The zero-order valence-corrected chi connectivity index (χ0v) is 7.55. The van der Waals surface area contributed by atoms with Crippen LogP contribution in [0.1, 0.15) is 20.8 Å². The van der Waals surface area contributed by atoms with Gasteiger partial charge in [0.15, 0.2) is 5.78 Å². The fourth-order valence-electron chi connectivity index (χ4n) is 1.14. The van der Waals surface area contributed by atoms with Gasteiger partial charge in [-0.1, -0.05) is 0 Å². The number of ether oxygens (including phenoxy) is 1. The molecule has 0 radical (unpaired) electrons. The maximum absolute atomic E-state index is 10.7. The van der Waals surface area contributed by atoms with Gasteiger partial charge >= 0.3 is 0 Å². The summed E-state index contributed by atoms with van der Waals surface area (Å²) in [6, 6.07) is 0. The molecule has 1 heterocycles. The second-order valence-corrected chi connectivity index (χ2v) is 2.87. The predicted octanol–water partition coefficient (Wildman–Crippen LogP) is 2.34. The first kappa shape index (κ1) is 8.78. The van der Waals surface area contributed by atoms with Crippen molar-refractivity contribution in [3.8, 4) is 0 Å². The van der Waals surface area contributed by atoms with Crippen molar-refractivity contribution >= 4 is 5.78 Å². The van der Waals surface area contributed by atoms with E-state index in [0.29, 0.717) is 0 Å². The number of allylic oxidation sites excluding steroid dienone is 6. The Labute approximate surface area is 72.2 Å². The summed E-state index contributed by atoms with van der Waals surface area (Å²) in [6.07, 6.45) is 5.28. The molecule has 0 aromatic heterocycles. The molecule has 0 aromatic rings. The Morgan fingerprint density at radius 1 is 1.33 bits per heavy atom. The van der Waals surface area contributed by atoms with Crippen molar-refractivity contribution in [3.05, 3.63) is 35.3 Å². The molecule has 1 aliphatic rings. The summed E-state index contributed by atoms with van der Waals surface area (Å²) < 4.78 is 5.27. The maximum atomic E-state index is 10.7. The molecule has 0 N–H and O–H groups in total. The third kappa shape index (κ3) is 2.38. The standard InChI is InChI=1S/C10H12O2/c1-7(11)4-10-5-8(2)12-9(3)6-10/h4-6H,1-3H3. The molecule has 12 heavy (non-hydrogen) atoms. The Morgan fingerprint density at radius 3 is 2.25 bits per heavy atom. The average molecular weight is 164 g/mol. The quantitative estimate of drug-likeness (QED) is 0.556. The van der Waals surface area contributed by atoms with Crippen LogP contribution in [0.5, 0.6) is 0 Å². The van der Waals surface area contributed by atoms with E-state index < -0.39 is 0 Å². The molecule has 1 rings (SSSR count). The fraction of sp³-hybridized carbons (Fsp3) is 0.300. The van der Waals surface area contributed by atoms with Gasteiger partial charge < -0.3 is 4.74 Å². The number of carbonyl (C=O) groups excluding carboxylic acids is 1. The summed E-state index contributed by atoms with van der Waals surface area (Å²) in [5, 5.41) is 0. The third-order valence-electron chi connectivity index (χ3n) is 1.43. The van der Waals surface area contributed by atoms with E-state index >= 15 is 0 Å². The lowest BCUT2D eigenvalue weighted by molar-refractivity contribution is -0.112. The largest absolute Gasteiger partial charge is 0.467 e.